The summed E-state index contributed by atoms with van der Waals surface area (Å²) in [5.74, 6) is 3.40. The van der Waals surface area contributed by atoms with Gasteiger partial charge in [-0.25, -0.2) is 9.97 Å². The summed E-state index contributed by atoms with van der Waals surface area (Å²) >= 11 is 0. The number of nitrogens with zero attached hydrogens (tertiary/aromatic N) is 2. The Balaban J connectivity index is 1.11. The van der Waals surface area contributed by atoms with Crippen LogP contribution in [0.4, 0.5) is 0 Å². The summed E-state index contributed by atoms with van der Waals surface area (Å²) in [5.41, 5.74) is 14.9. The minimum Gasteiger partial charge on any atom is -0.247 e. The van der Waals surface area contributed by atoms with Crippen LogP contribution in [0.1, 0.15) is 73.6 Å². The molecule has 5 aromatic rings. The number of rotatable bonds is 2. The maximum absolute atomic E-state index is 5.36. The molecule has 2 nitrogen and oxygen atoms in total. The van der Waals surface area contributed by atoms with Gasteiger partial charge >= 0.3 is 0 Å². The highest BCUT2D eigenvalue weighted by Crippen LogP contribution is 3.14. The monoisotopic (exact) mass is 502 g/mol. The first-order chi connectivity index (χ1) is 19.1. The van der Waals surface area contributed by atoms with Crippen molar-refractivity contribution in [2.75, 3.05) is 0 Å². The van der Waals surface area contributed by atoms with Gasteiger partial charge in [0.1, 0.15) is 0 Å². The van der Waals surface area contributed by atoms with Gasteiger partial charge in [0.2, 0.25) is 0 Å². The van der Waals surface area contributed by atoms with E-state index in [0.717, 1.165) is 28.8 Å². The number of para-hydroxylation sites is 2. The predicted octanol–water partition coefficient (Wildman–Crippen LogP) is 8.66. The first-order valence-corrected chi connectivity index (χ1v) is 15.0. The zero-order chi connectivity index (χ0) is 25.5. The first kappa shape index (κ1) is 20.4. The van der Waals surface area contributed by atoms with Gasteiger partial charge in [0.25, 0.3) is 0 Å². The lowest BCUT2D eigenvalue weighted by molar-refractivity contribution is 0.326. The van der Waals surface area contributed by atoms with Crippen LogP contribution in [-0.4, -0.2) is 9.97 Å². The lowest BCUT2D eigenvalue weighted by Gasteiger charge is -2.30. The standard InChI is InChI=1S/C37H30N2/c1-35-17-7-8-21(18-35)26-22-9-3-5-11-24(22)38-32(29(26)35)19-13-15-20(16-14-19)33-30-27(23-10-4-6-12-25(23)39-33)28-31-34-36(30,2)37(28,31)34/h3-6,9-16,21,28,31,34H,7-8,17-18H2,1-2H3. The van der Waals surface area contributed by atoms with Crippen molar-refractivity contribution >= 4 is 21.8 Å². The van der Waals surface area contributed by atoms with E-state index in [0.29, 0.717) is 16.7 Å². The second-order valence-corrected chi connectivity index (χ2v) is 14.1. The van der Waals surface area contributed by atoms with Gasteiger partial charge < -0.3 is 0 Å². The van der Waals surface area contributed by atoms with E-state index in [9.17, 15) is 0 Å². The minimum absolute atomic E-state index is 0.239. The number of benzene rings is 3. The zero-order valence-corrected chi connectivity index (χ0v) is 22.5. The summed E-state index contributed by atoms with van der Waals surface area (Å²) in [5, 5.41) is 2.79. The summed E-state index contributed by atoms with van der Waals surface area (Å²) in [6, 6.07) is 27.1. The van der Waals surface area contributed by atoms with Crippen LogP contribution in [0, 0.1) is 17.3 Å². The molecule has 4 fully saturated rings. The Morgan fingerprint density at radius 2 is 1.33 bits per heavy atom. The number of pyridine rings is 2. The van der Waals surface area contributed by atoms with Gasteiger partial charge in [-0.15, -0.1) is 0 Å². The lowest BCUT2D eigenvalue weighted by Crippen LogP contribution is -2.22. The molecule has 2 heterocycles. The largest absolute Gasteiger partial charge is 0.247 e. The first-order valence-electron chi connectivity index (χ1n) is 15.0. The van der Waals surface area contributed by atoms with Crippen LogP contribution in [0.2, 0.25) is 0 Å². The number of hydrogen-bond donors (Lipinski definition) is 0. The van der Waals surface area contributed by atoms with Crippen LogP contribution in [0.15, 0.2) is 72.8 Å². The molecular formula is C37H30N2. The molecule has 7 atom stereocenters. The molecule has 3 aromatic carbocycles. The van der Waals surface area contributed by atoms with Crippen molar-refractivity contribution in [3.63, 3.8) is 0 Å². The maximum atomic E-state index is 5.36. The minimum atomic E-state index is 0.239. The molecule has 0 radical (unpaired) electrons. The Hall–Kier alpha value is -3.52. The third-order valence-corrected chi connectivity index (χ3v) is 12.6. The SMILES string of the molecule is CC12CCCC(C1)c1c2c(-c2ccc(-c3nc4ccccc4c4c3C3(C)C5C6C4C653)cc2)nc2ccccc12. The second-order valence-electron chi connectivity index (χ2n) is 14.1. The van der Waals surface area contributed by atoms with Gasteiger partial charge in [-0.05, 0) is 88.2 Å². The average Bonchev–Trinajstić information content (AvgIpc) is 3.89. The molecule has 0 N–H and O–H groups in total. The van der Waals surface area contributed by atoms with E-state index in [1.54, 1.807) is 16.7 Å². The average molecular weight is 503 g/mol. The fourth-order valence-electron chi connectivity index (χ4n) is 11.1. The molecular weight excluding hydrogens is 472 g/mol. The van der Waals surface area contributed by atoms with Gasteiger partial charge in [-0.1, -0.05) is 80.9 Å². The van der Waals surface area contributed by atoms with Crippen LogP contribution in [0.25, 0.3) is 44.3 Å². The van der Waals surface area contributed by atoms with Crippen molar-refractivity contribution in [2.24, 2.45) is 17.3 Å². The predicted molar refractivity (Wildman–Crippen MR) is 156 cm³/mol. The van der Waals surface area contributed by atoms with Gasteiger partial charge in [0, 0.05) is 27.3 Å². The highest BCUT2D eigenvalue weighted by Gasteiger charge is 3.11. The van der Waals surface area contributed by atoms with E-state index in [4.69, 9.17) is 9.97 Å². The lowest BCUT2D eigenvalue weighted by atomic mass is 9.74. The van der Waals surface area contributed by atoms with Crippen LogP contribution < -0.4 is 0 Å². The summed E-state index contributed by atoms with van der Waals surface area (Å²) in [4.78, 5) is 10.7. The normalized spacial score (nSPS) is 36.9. The molecule has 4 saturated carbocycles. The number of fused-ring (bicyclic) bond motifs is 15. The van der Waals surface area contributed by atoms with E-state index in [2.05, 4.69) is 86.6 Å². The molecule has 0 saturated heterocycles. The molecule has 39 heavy (non-hydrogen) atoms. The van der Waals surface area contributed by atoms with Crippen molar-refractivity contribution in [1.82, 2.24) is 9.97 Å². The van der Waals surface area contributed by atoms with Crippen molar-refractivity contribution in [1.29, 1.82) is 0 Å². The quantitative estimate of drug-likeness (QED) is 0.241. The third kappa shape index (κ3) is 1.98. The molecule has 1 spiro atoms. The van der Waals surface area contributed by atoms with E-state index >= 15 is 0 Å². The van der Waals surface area contributed by atoms with Gasteiger partial charge in [0.05, 0.1) is 22.4 Å². The van der Waals surface area contributed by atoms with Crippen molar-refractivity contribution in [2.45, 2.75) is 62.2 Å². The van der Waals surface area contributed by atoms with Gasteiger partial charge in [0.15, 0.2) is 0 Å². The highest BCUT2D eigenvalue weighted by molar-refractivity contribution is 5.96. The van der Waals surface area contributed by atoms with Gasteiger partial charge in [-0.2, -0.15) is 0 Å². The zero-order valence-electron chi connectivity index (χ0n) is 22.5. The molecule has 2 heteroatoms. The Morgan fingerprint density at radius 1 is 0.718 bits per heavy atom. The molecule has 188 valence electrons. The summed E-state index contributed by atoms with van der Waals surface area (Å²) in [7, 11) is 0. The van der Waals surface area contributed by atoms with E-state index in [-0.39, 0.29) is 5.41 Å². The third-order valence-electron chi connectivity index (χ3n) is 12.6. The molecule has 2 aromatic heterocycles. The molecule has 7 unspecified atom stereocenters. The number of aromatic nitrogens is 2. The van der Waals surface area contributed by atoms with E-state index < -0.39 is 0 Å². The Morgan fingerprint density at radius 3 is 2.03 bits per heavy atom. The smallest absolute Gasteiger partial charge is 0.0750 e. The maximum Gasteiger partial charge on any atom is 0.0750 e. The fourth-order valence-corrected chi connectivity index (χ4v) is 11.1. The van der Waals surface area contributed by atoms with Crippen LogP contribution in [-0.2, 0) is 10.8 Å². The topological polar surface area (TPSA) is 25.8 Å². The summed E-state index contributed by atoms with van der Waals surface area (Å²) < 4.78 is 0. The van der Waals surface area contributed by atoms with Crippen LogP contribution >= 0.6 is 0 Å². The van der Waals surface area contributed by atoms with Crippen LogP contribution in [0.5, 0.6) is 0 Å². The molecule has 0 aliphatic heterocycles. The molecule has 6 aliphatic carbocycles. The Bertz CT molecular complexity index is 1990. The molecule has 2 bridgehead atoms. The van der Waals surface area contributed by atoms with Crippen LogP contribution in [0.3, 0.4) is 0 Å². The van der Waals surface area contributed by atoms with Crippen molar-refractivity contribution in [3.05, 3.63) is 95.1 Å². The summed E-state index contributed by atoms with van der Waals surface area (Å²) in [6.45, 7) is 5.04. The Kier molecular flexibility index (Phi) is 3.12. The van der Waals surface area contributed by atoms with Gasteiger partial charge in [-0.3, -0.25) is 0 Å². The highest BCUT2D eigenvalue weighted by atomic mass is 15.1. The molecule has 11 rings (SSSR count). The van der Waals surface area contributed by atoms with Crippen molar-refractivity contribution < 1.29 is 0 Å². The molecule has 6 aliphatic rings. The van der Waals surface area contributed by atoms with Crippen molar-refractivity contribution in [3.8, 4) is 22.5 Å². The fraction of sp³-hybridized carbons (Fsp3) is 0.351. The molecule has 0 amide bonds. The number of hydrogen-bond acceptors (Lipinski definition) is 2. The second kappa shape index (κ2) is 5.97. The van der Waals surface area contributed by atoms with E-state index in [1.807, 2.05) is 0 Å². The Labute approximate surface area is 228 Å². The summed E-state index contributed by atoms with van der Waals surface area (Å²) in [6.07, 6.45) is 5.19. The van der Waals surface area contributed by atoms with E-state index in [1.165, 1.54) is 64.5 Å².